The third-order valence-electron chi connectivity index (χ3n) is 8.38. The van der Waals surface area contributed by atoms with Crippen LogP contribution in [0.4, 0.5) is 4.79 Å². The van der Waals surface area contributed by atoms with Crippen LogP contribution in [0.1, 0.15) is 97.6 Å². The average molecular weight is 585 g/mol. The van der Waals surface area contributed by atoms with Gasteiger partial charge in [0.05, 0.1) is 6.04 Å². The van der Waals surface area contributed by atoms with Gasteiger partial charge in [-0.2, -0.15) is 0 Å². The molecule has 2 aliphatic rings. The van der Waals surface area contributed by atoms with E-state index >= 15 is 0 Å². The molecule has 2 heterocycles. The Kier molecular flexibility index (Phi) is 11.5. The van der Waals surface area contributed by atoms with Gasteiger partial charge in [0.2, 0.25) is 17.6 Å². The number of Topliss-reactive ketones (excluding diaryl/α,β-unsaturated/α-hetero) is 1. The number of aromatic nitrogens is 1. The summed E-state index contributed by atoms with van der Waals surface area (Å²) in [6, 6.07) is 2.60. The molecule has 1 aromatic heterocycles. The summed E-state index contributed by atoms with van der Waals surface area (Å²) in [6.45, 7) is 7.90. The molecule has 2 fully saturated rings. The van der Waals surface area contributed by atoms with E-state index in [1.54, 1.807) is 6.20 Å². The van der Waals surface area contributed by atoms with Gasteiger partial charge < -0.3 is 26.6 Å². The molecule has 0 radical (unpaired) electrons. The normalized spacial score (nSPS) is 19.8. The summed E-state index contributed by atoms with van der Waals surface area (Å²) in [7, 11) is 0. The maximum Gasteiger partial charge on any atom is 0.315 e. The Bertz CT molecular complexity index is 1110. The number of unbranched alkanes of at least 4 members (excludes halogenated alkanes) is 1. The number of pyridine rings is 1. The summed E-state index contributed by atoms with van der Waals surface area (Å²) in [5.74, 6) is -2.80. The number of ketones is 1. The molecule has 1 aromatic rings. The van der Waals surface area contributed by atoms with Gasteiger partial charge in [0, 0.05) is 30.4 Å². The standard InChI is InChI=1S/C31H48N6O5/c1-5-6-14-22(24(38)26(32)39)34-27(40)23-15-12-19-37(23)28(41)25(30(2,3)4)35-29(42)36-31(16-9-7-10-17-31)20-21-13-8-11-18-33-21/h8,11,13,18,22-23,25H,5-7,9-10,12,14-17,19-20H2,1-4H3,(H2,32,39)(H,34,40)(H2,35,36,42)/t22?,23-,25?/m0/s1. The molecule has 42 heavy (non-hydrogen) atoms. The minimum Gasteiger partial charge on any atom is -0.363 e. The fourth-order valence-corrected chi connectivity index (χ4v) is 6.07. The summed E-state index contributed by atoms with van der Waals surface area (Å²) in [5.41, 5.74) is 5.01. The molecule has 1 saturated carbocycles. The first-order valence-corrected chi connectivity index (χ1v) is 15.3. The lowest BCUT2D eigenvalue weighted by Gasteiger charge is -2.40. The van der Waals surface area contributed by atoms with Crippen LogP contribution in [0, 0.1) is 5.41 Å². The lowest BCUT2D eigenvalue weighted by molar-refractivity contribution is -0.143. The van der Waals surface area contributed by atoms with Crippen LogP contribution in [0.2, 0.25) is 0 Å². The highest BCUT2D eigenvalue weighted by Gasteiger charge is 2.43. The van der Waals surface area contributed by atoms with E-state index in [0.717, 1.165) is 44.2 Å². The van der Waals surface area contributed by atoms with Crippen LogP contribution in [-0.2, 0) is 25.6 Å². The molecule has 0 aromatic carbocycles. The molecule has 11 nitrogen and oxygen atoms in total. The van der Waals surface area contributed by atoms with Crippen molar-refractivity contribution in [3.63, 3.8) is 0 Å². The van der Waals surface area contributed by atoms with Crippen molar-refractivity contribution in [2.75, 3.05) is 6.54 Å². The summed E-state index contributed by atoms with van der Waals surface area (Å²) in [5, 5.41) is 8.83. The number of carbonyl (C=O) groups is 5. The third kappa shape index (κ3) is 8.75. The Morgan fingerprint density at radius 3 is 2.38 bits per heavy atom. The zero-order chi connectivity index (χ0) is 30.9. The summed E-state index contributed by atoms with van der Waals surface area (Å²) < 4.78 is 0. The van der Waals surface area contributed by atoms with E-state index in [-0.39, 0.29) is 12.3 Å². The molecule has 5 amide bonds. The number of nitrogens with two attached hydrogens (primary N) is 1. The van der Waals surface area contributed by atoms with Crippen LogP contribution in [0.5, 0.6) is 0 Å². The predicted octanol–water partition coefficient (Wildman–Crippen LogP) is 2.76. The summed E-state index contributed by atoms with van der Waals surface area (Å²) in [4.78, 5) is 70.7. The molecular weight excluding hydrogens is 536 g/mol. The van der Waals surface area contributed by atoms with E-state index in [4.69, 9.17) is 5.73 Å². The molecule has 232 valence electrons. The van der Waals surface area contributed by atoms with Gasteiger partial charge in [0.1, 0.15) is 12.1 Å². The Morgan fingerprint density at radius 1 is 1.07 bits per heavy atom. The zero-order valence-corrected chi connectivity index (χ0v) is 25.5. The second kappa shape index (κ2) is 14.6. The molecule has 0 bridgehead atoms. The Labute approximate surface area is 249 Å². The molecule has 1 aliphatic carbocycles. The number of carbonyl (C=O) groups excluding carboxylic acids is 5. The lowest BCUT2D eigenvalue weighted by Crippen LogP contribution is -2.62. The van der Waals surface area contributed by atoms with Gasteiger partial charge in [-0.25, -0.2) is 4.79 Å². The highest BCUT2D eigenvalue weighted by atomic mass is 16.2. The number of primary amides is 1. The zero-order valence-electron chi connectivity index (χ0n) is 25.5. The fraction of sp³-hybridized carbons (Fsp3) is 0.677. The monoisotopic (exact) mass is 584 g/mol. The van der Waals surface area contributed by atoms with E-state index in [9.17, 15) is 24.0 Å². The maximum atomic E-state index is 14.0. The van der Waals surface area contributed by atoms with Gasteiger partial charge in [-0.15, -0.1) is 0 Å². The average Bonchev–Trinajstić information content (AvgIpc) is 3.44. The molecule has 3 rings (SSSR count). The molecular formula is C31H48N6O5. The number of rotatable bonds is 12. The van der Waals surface area contributed by atoms with Crippen molar-refractivity contribution in [1.29, 1.82) is 0 Å². The number of amides is 5. The molecule has 3 atom stereocenters. The number of urea groups is 1. The topological polar surface area (TPSA) is 164 Å². The van der Waals surface area contributed by atoms with Gasteiger partial charge in [-0.3, -0.25) is 24.2 Å². The second-order valence-electron chi connectivity index (χ2n) is 12.9. The van der Waals surface area contributed by atoms with Gasteiger partial charge in [-0.05, 0) is 49.7 Å². The van der Waals surface area contributed by atoms with Gasteiger partial charge in [0.25, 0.3) is 5.91 Å². The van der Waals surface area contributed by atoms with Gasteiger partial charge in [-0.1, -0.05) is 65.9 Å². The van der Waals surface area contributed by atoms with Gasteiger partial charge >= 0.3 is 6.03 Å². The van der Waals surface area contributed by atoms with Crippen molar-refractivity contribution in [1.82, 2.24) is 25.8 Å². The third-order valence-corrected chi connectivity index (χ3v) is 8.38. The highest BCUT2D eigenvalue weighted by Crippen LogP contribution is 2.32. The Hall–Kier alpha value is -3.50. The van der Waals surface area contributed by atoms with Gasteiger partial charge in [0.15, 0.2) is 0 Å². The van der Waals surface area contributed by atoms with Crippen LogP contribution < -0.4 is 21.7 Å². The number of hydrogen-bond acceptors (Lipinski definition) is 6. The number of likely N-dealkylation sites (tertiary alicyclic amines) is 1. The minimum atomic E-state index is -1.10. The SMILES string of the molecule is CCCCC(NC(=O)[C@@H]1CCCN1C(=O)C(NC(=O)NC1(Cc2ccccn2)CCCCC1)C(C)(C)C)C(=O)C(N)=O. The minimum absolute atomic E-state index is 0.289. The Balaban J connectivity index is 1.74. The number of hydrogen-bond donors (Lipinski definition) is 4. The highest BCUT2D eigenvalue weighted by molar-refractivity contribution is 6.37. The number of nitrogens with one attached hydrogen (secondary N) is 3. The first-order chi connectivity index (χ1) is 19.9. The van der Waals surface area contributed by atoms with Crippen LogP contribution in [0.25, 0.3) is 0 Å². The summed E-state index contributed by atoms with van der Waals surface area (Å²) in [6.07, 6.45) is 9.81. The van der Waals surface area contributed by atoms with Crippen molar-refractivity contribution in [2.24, 2.45) is 11.1 Å². The summed E-state index contributed by atoms with van der Waals surface area (Å²) >= 11 is 0. The lowest BCUT2D eigenvalue weighted by atomic mass is 9.78. The first kappa shape index (κ1) is 33.0. The quantitative estimate of drug-likeness (QED) is 0.276. The van der Waals surface area contributed by atoms with E-state index in [2.05, 4.69) is 20.9 Å². The van der Waals surface area contributed by atoms with Crippen LogP contribution in [0.3, 0.4) is 0 Å². The molecule has 2 unspecified atom stereocenters. The molecule has 11 heteroatoms. The number of nitrogens with zero attached hydrogens (tertiary/aromatic N) is 2. The van der Waals surface area contributed by atoms with Crippen molar-refractivity contribution in [3.05, 3.63) is 30.1 Å². The smallest absolute Gasteiger partial charge is 0.315 e. The second-order valence-corrected chi connectivity index (χ2v) is 12.9. The molecule has 5 N–H and O–H groups in total. The Morgan fingerprint density at radius 2 is 1.79 bits per heavy atom. The first-order valence-electron chi connectivity index (χ1n) is 15.3. The molecule has 1 saturated heterocycles. The van der Waals surface area contributed by atoms with Crippen molar-refractivity contribution in [3.8, 4) is 0 Å². The van der Waals surface area contributed by atoms with Crippen molar-refractivity contribution in [2.45, 2.75) is 122 Å². The van der Waals surface area contributed by atoms with Crippen molar-refractivity contribution < 1.29 is 24.0 Å². The van der Waals surface area contributed by atoms with Crippen molar-refractivity contribution >= 4 is 29.5 Å². The van der Waals surface area contributed by atoms with E-state index in [1.807, 2.05) is 45.9 Å². The van der Waals surface area contributed by atoms with Crippen LogP contribution >= 0.6 is 0 Å². The fourth-order valence-electron chi connectivity index (χ4n) is 6.07. The van der Waals surface area contributed by atoms with Crippen LogP contribution in [-0.4, -0.2) is 69.6 Å². The predicted molar refractivity (Wildman–Crippen MR) is 159 cm³/mol. The molecule has 0 spiro atoms. The van der Waals surface area contributed by atoms with E-state index < -0.39 is 52.7 Å². The maximum absolute atomic E-state index is 14.0. The molecule has 1 aliphatic heterocycles. The largest absolute Gasteiger partial charge is 0.363 e. The van der Waals surface area contributed by atoms with E-state index in [0.29, 0.717) is 32.2 Å². The van der Waals surface area contributed by atoms with E-state index in [1.165, 1.54) is 4.90 Å². The van der Waals surface area contributed by atoms with Crippen LogP contribution in [0.15, 0.2) is 24.4 Å².